The van der Waals surface area contributed by atoms with Gasteiger partial charge in [0.2, 0.25) is 6.29 Å². The van der Waals surface area contributed by atoms with E-state index in [9.17, 15) is 4.79 Å². The zero-order chi connectivity index (χ0) is 9.56. The summed E-state index contributed by atoms with van der Waals surface area (Å²) in [6.07, 6.45) is 0.0696. The van der Waals surface area contributed by atoms with E-state index in [2.05, 4.69) is 6.58 Å². The first-order valence-corrected chi connectivity index (χ1v) is 3.61. The smallest absolute Gasteiger partial charge is 0.332 e. The van der Waals surface area contributed by atoms with Gasteiger partial charge >= 0.3 is 5.97 Å². The second-order valence-corrected chi connectivity index (χ2v) is 2.15. The van der Waals surface area contributed by atoms with Gasteiger partial charge in [-0.15, -0.1) is 0 Å². The maximum atomic E-state index is 10.6. The molecule has 0 aliphatic heterocycles. The number of ether oxygens (including phenoxy) is 3. The normalized spacial score (nSPS) is 14.9. The first-order chi connectivity index (χ1) is 5.60. The lowest BCUT2D eigenvalue weighted by Crippen LogP contribution is -2.23. The van der Waals surface area contributed by atoms with Crippen LogP contribution >= 0.6 is 0 Å². The number of hydrogen-bond donors (Lipinski definition) is 0. The van der Waals surface area contributed by atoms with Crippen molar-refractivity contribution < 1.29 is 19.0 Å². The third-order valence-corrected chi connectivity index (χ3v) is 1.16. The molecule has 0 saturated carbocycles. The summed E-state index contributed by atoms with van der Waals surface area (Å²) in [5.74, 6) is -0.509. The molecule has 0 radical (unpaired) electrons. The monoisotopic (exact) mass is 174 g/mol. The van der Waals surface area contributed by atoms with Crippen LogP contribution in [0, 0.1) is 0 Å². The first-order valence-electron chi connectivity index (χ1n) is 3.61. The summed E-state index contributed by atoms with van der Waals surface area (Å²) in [7, 11) is 1.51. The number of rotatable bonds is 5. The highest BCUT2D eigenvalue weighted by Crippen LogP contribution is 2.00. The number of methoxy groups -OCH3 is 1. The molecule has 2 atom stereocenters. The lowest BCUT2D eigenvalue weighted by molar-refractivity contribution is -0.219. The van der Waals surface area contributed by atoms with E-state index in [1.54, 1.807) is 13.8 Å². The lowest BCUT2D eigenvalue weighted by Gasteiger charge is -2.16. The molecule has 12 heavy (non-hydrogen) atoms. The van der Waals surface area contributed by atoms with Crippen LogP contribution in [-0.2, 0) is 19.0 Å². The van der Waals surface area contributed by atoms with E-state index in [4.69, 9.17) is 14.2 Å². The second kappa shape index (κ2) is 5.74. The highest BCUT2D eigenvalue weighted by Gasteiger charge is 2.09. The van der Waals surface area contributed by atoms with Crippen molar-refractivity contribution >= 4 is 5.97 Å². The van der Waals surface area contributed by atoms with Crippen LogP contribution in [0.1, 0.15) is 13.8 Å². The molecule has 0 aliphatic carbocycles. The zero-order valence-electron chi connectivity index (χ0n) is 7.57. The van der Waals surface area contributed by atoms with Gasteiger partial charge in [-0.25, -0.2) is 4.79 Å². The van der Waals surface area contributed by atoms with E-state index in [1.807, 2.05) is 0 Å². The van der Waals surface area contributed by atoms with E-state index in [0.717, 1.165) is 6.08 Å². The van der Waals surface area contributed by atoms with Crippen LogP contribution in [0.3, 0.4) is 0 Å². The van der Waals surface area contributed by atoms with E-state index in [1.165, 1.54) is 7.11 Å². The fourth-order valence-corrected chi connectivity index (χ4v) is 0.565. The van der Waals surface area contributed by atoms with Gasteiger partial charge in [-0.1, -0.05) is 6.58 Å². The van der Waals surface area contributed by atoms with Gasteiger partial charge in [0.1, 0.15) is 0 Å². The molecule has 0 aromatic carbocycles. The van der Waals surface area contributed by atoms with Gasteiger partial charge in [0.25, 0.3) is 0 Å². The summed E-state index contributed by atoms with van der Waals surface area (Å²) < 4.78 is 14.6. The summed E-state index contributed by atoms with van der Waals surface area (Å²) in [6.45, 7) is 6.57. The number of hydrogen-bond acceptors (Lipinski definition) is 4. The van der Waals surface area contributed by atoms with Crippen molar-refractivity contribution in [3.63, 3.8) is 0 Å². The Bertz CT molecular complexity index is 155. The molecule has 0 rings (SSSR count). The van der Waals surface area contributed by atoms with Crippen LogP contribution in [0.4, 0.5) is 0 Å². The van der Waals surface area contributed by atoms with Gasteiger partial charge < -0.3 is 14.2 Å². The molecule has 0 N–H and O–H groups in total. The summed E-state index contributed by atoms with van der Waals surface area (Å²) in [6, 6.07) is 0. The van der Waals surface area contributed by atoms with E-state index < -0.39 is 18.5 Å². The Balaban J connectivity index is 3.65. The van der Waals surface area contributed by atoms with Crippen LogP contribution in [0.5, 0.6) is 0 Å². The number of carbonyl (C=O) groups is 1. The van der Waals surface area contributed by atoms with Crippen molar-refractivity contribution in [2.45, 2.75) is 26.4 Å². The first kappa shape index (κ1) is 11.1. The van der Waals surface area contributed by atoms with Crippen LogP contribution < -0.4 is 0 Å². The van der Waals surface area contributed by atoms with Crippen molar-refractivity contribution in [3.05, 3.63) is 12.7 Å². The number of carbonyl (C=O) groups excluding carboxylic acids is 1. The maximum absolute atomic E-state index is 10.6. The minimum absolute atomic E-state index is 0.391. The second-order valence-electron chi connectivity index (χ2n) is 2.15. The molecule has 4 heteroatoms. The fourth-order valence-electron chi connectivity index (χ4n) is 0.565. The van der Waals surface area contributed by atoms with Crippen molar-refractivity contribution in [3.8, 4) is 0 Å². The van der Waals surface area contributed by atoms with Crippen molar-refractivity contribution in [2.75, 3.05) is 7.11 Å². The van der Waals surface area contributed by atoms with Gasteiger partial charge in [0, 0.05) is 13.2 Å². The Labute approximate surface area is 72.1 Å². The molecule has 0 aromatic rings. The molecule has 4 nitrogen and oxygen atoms in total. The molecular weight excluding hydrogens is 160 g/mol. The number of esters is 1. The molecule has 0 fully saturated rings. The predicted molar refractivity (Wildman–Crippen MR) is 43.3 cm³/mol. The Morgan fingerprint density at radius 1 is 1.42 bits per heavy atom. The van der Waals surface area contributed by atoms with Gasteiger partial charge in [-0.05, 0) is 13.8 Å². The molecule has 0 spiro atoms. The summed E-state index contributed by atoms with van der Waals surface area (Å²) in [5.41, 5.74) is 0. The van der Waals surface area contributed by atoms with Gasteiger partial charge in [-0.3, -0.25) is 0 Å². The average Bonchev–Trinajstić information content (AvgIpc) is 2.03. The van der Waals surface area contributed by atoms with Crippen LogP contribution in [-0.4, -0.2) is 25.7 Å². The molecule has 0 heterocycles. The highest BCUT2D eigenvalue weighted by molar-refractivity contribution is 5.81. The Kier molecular flexibility index (Phi) is 5.32. The molecular formula is C8H14O4. The van der Waals surface area contributed by atoms with Crippen LogP contribution in [0.25, 0.3) is 0 Å². The topological polar surface area (TPSA) is 44.8 Å². The summed E-state index contributed by atoms with van der Waals surface area (Å²) >= 11 is 0. The molecule has 0 amide bonds. The van der Waals surface area contributed by atoms with E-state index in [0.29, 0.717) is 0 Å². The lowest BCUT2D eigenvalue weighted by atomic mass is 10.6. The van der Waals surface area contributed by atoms with Crippen molar-refractivity contribution in [1.29, 1.82) is 0 Å². The average molecular weight is 174 g/mol. The quantitative estimate of drug-likeness (QED) is 0.355. The van der Waals surface area contributed by atoms with Crippen LogP contribution in [0.2, 0.25) is 0 Å². The largest absolute Gasteiger partial charge is 0.433 e. The van der Waals surface area contributed by atoms with Gasteiger partial charge in [0.05, 0.1) is 0 Å². The molecule has 0 aromatic heterocycles. The van der Waals surface area contributed by atoms with Crippen LogP contribution in [0.15, 0.2) is 12.7 Å². The zero-order valence-corrected chi connectivity index (χ0v) is 7.57. The molecule has 0 bridgehead atoms. The standard InChI is InChI=1S/C8H14O4/c1-5-8(9)12-7(3)11-6(2)10-4/h5-7H,1H2,2-4H3. The molecule has 70 valence electrons. The third kappa shape index (κ3) is 4.87. The Morgan fingerprint density at radius 2 is 2.00 bits per heavy atom. The fraction of sp³-hybridized carbons (Fsp3) is 0.625. The summed E-state index contributed by atoms with van der Waals surface area (Å²) in [4.78, 5) is 10.6. The maximum Gasteiger partial charge on any atom is 0.332 e. The van der Waals surface area contributed by atoms with E-state index >= 15 is 0 Å². The third-order valence-electron chi connectivity index (χ3n) is 1.16. The SMILES string of the molecule is C=CC(=O)OC(C)OC(C)OC. The molecule has 2 unspecified atom stereocenters. The minimum Gasteiger partial charge on any atom is -0.433 e. The highest BCUT2D eigenvalue weighted by atomic mass is 16.8. The Morgan fingerprint density at radius 3 is 2.42 bits per heavy atom. The van der Waals surface area contributed by atoms with Crippen molar-refractivity contribution in [1.82, 2.24) is 0 Å². The Hall–Kier alpha value is -0.870. The van der Waals surface area contributed by atoms with Gasteiger partial charge in [0.15, 0.2) is 6.29 Å². The van der Waals surface area contributed by atoms with Gasteiger partial charge in [-0.2, -0.15) is 0 Å². The van der Waals surface area contributed by atoms with Crippen molar-refractivity contribution in [2.24, 2.45) is 0 Å². The molecule has 0 aliphatic rings. The predicted octanol–water partition coefficient (Wildman–Crippen LogP) is 1.07. The summed E-state index contributed by atoms with van der Waals surface area (Å²) in [5, 5.41) is 0. The van der Waals surface area contributed by atoms with E-state index in [-0.39, 0.29) is 0 Å². The minimum atomic E-state index is -0.620. The molecule has 0 saturated heterocycles.